The van der Waals surface area contributed by atoms with E-state index in [4.69, 9.17) is 23.2 Å². The number of hydrogen-bond acceptors (Lipinski definition) is 4. The molecule has 1 atom stereocenters. The quantitative estimate of drug-likeness (QED) is 0.422. The molecule has 3 aromatic rings. The van der Waals surface area contributed by atoms with Crippen molar-refractivity contribution in [2.75, 3.05) is 17.9 Å². The molecule has 0 unspecified atom stereocenters. The van der Waals surface area contributed by atoms with E-state index in [2.05, 4.69) is 5.32 Å². The fourth-order valence-electron chi connectivity index (χ4n) is 3.73. The average molecular weight is 548 g/mol. The second-order valence-electron chi connectivity index (χ2n) is 8.16. The predicted molar refractivity (Wildman–Crippen MR) is 143 cm³/mol. The van der Waals surface area contributed by atoms with E-state index >= 15 is 0 Å². The normalized spacial score (nSPS) is 12.0. The first-order chi connectivity index (χ1) is 17.1. The number of likely N-dealkylation sites (N-methyl/N-ethyl adjacent to an activating group) is 1. The molecule has 0 fully saturated rings. The third-order valence-electron chi connectivity index (χ3n) is 5.75. The van der Waals surface area contributed by atoms with Crippen molar-refractivity contribution in [3.63, 3.8) is 0 Å². The van der Waals surface area contributed by atoms with Crippen molar-refractivity contribution in [3.05, 3.63) is 94.0 Å². The van der Waals surface area contributed by atoms with E-state index in [0.717, 1.165) is 4.31 Å². The number of carbonyl (C=O) groups is 2. The number of anilines is 1. The molecule has 10 heteroatoms. The highest BCUT2D eigenvalue weighted by molar-refractivity contribution is 7.92. The zero-order valence-electron chi connectivity index (χ0n) is 20.1. The lowest BCUT2D eigenvalue weighted by molar-refractivity contribution is -0.139. The van der Waals surface area contributed by atoms with E-state index in [-0.39, 0.29) is 11.4 Å². The van der Waals surface area contributed by atoms with Gasteiger partial charge in [-0.15, -0.1) is 0 Å². The van der Waals surface area contributed by atoms with E-state index in [1.807, 2.05) is 0 Å². The molecule has 0 aliphatic heterocycles. The lowest BCUT2D eigenvalue weighted by Gasteiger charge is -2.32. The number of nitrogens with zero attached hydrogens (tertiary/aromatic N) is 2. The average Bonchev–Trinajstić information content (AvgIpc) is 2.86. The number of nitrogens with one attached hydrogen (secondary N) is 1. The van der Waals surface area contributed by atoms with Gasteiger partial charge in [-0.3, -0.25) is 13.9 Å². The fraction of sp³-hybridized carbons (Fsp3) is 0.231. The number of rotatable bonds is 9. The summed E-state index contributed by atoms with van der Waals surface area (Å²) in [6.45, 7) is 2.78. The number of carbonyl (C=O) groups excluding carboxylic acids is 2. The molecule has 36 heavy (non-hydrogen) atoms. The largest absolute Gasteiger partial charge is 0.357 e. The highest BCUT2D eigenvalue weighted by Gasteiger charge is 2.33. The second-order valence-corrected chi connectivity index (χ2v) is 10.9. The second kappa shape index (κ2) is 11.8. The van der Waals surface area contributed by atoms with Crippen molar-refractivity contribution >= 4 is 50.7 Å². The van der Waals surface area contributed by atoms with Gasteiger partial charge in [-0.05, 0) is 61.4 Å². The molecule has 0 saturated carbocycles. The molecule has 0 bridgehead atoms. The Morgan fingerprint density at radius 2 is 1.61 bits per heavy atom. The zero-order chi connectivity index (χ0) is 26.5. The Morgan fingerprint density at radius 3 is 2.22 bits per heavy atom. The Hall–Kier alpha value is -3.07. The maximum atomic E-state index is 13.7. The molecule has 3 rings (SSSR count). The molecule has 0 heterocycles. The summed E-state index contributed by atoms with van der Waals surface area (Å²) < 4.78 is 28.5. The molecule has 0 spiro atoms. The van der Waals surface area contributed by atoms with Gasteiger partial charge in [0.1, 0.15) is 12.6 Å². The first-order valence-corrected chi connectivity index (χ1v) is 13.3. The predicted octanol–water partition coefficient (Wildman–Crippen LogP) is 4.66. The lowest BCUT2D eigenvalue weighted by Crippen LogP contribution is -2.50. The SMILES string of the molecule is CNC(=O)[C@H](C)N(Cc1ccccc1Cl)C(=O)CN(c1ccc(Cl)cc1C)S(=O)(=O)c1ccccc1. The summed E-state index contributed by atoms with van der Waals surface area (Å²) >= 11 is 12.4. The summed E-state index contributed by atoms with van der Waals surface area (Å²) in [5.41, 5.74) is 1.51. The van der Waals surface area contributed by atoms with Gasteiger partial charge in [0.25, 0.3) is 10.0 Å². The number of aryl methyl sites for hydroxylation is 1. The van der Waals surface area contributed by atoms with E-state index in [1.165, 1.54) is 24.1 Å². The summed E-state index contributed by atoms with van der Waals surface area (Å²) in [5, 5.41) is 3.41. The number of hydrogen-bond donors (Lipinski definition) is 1. The molecule has 2 amide bonds. The van der Waals surface area contributed by atoms with Crippen LogP contribution in [0.1, 0.15) is 18.1 Å². The Balaban J connectivity index is 2.07. The fourth-order valence-corrected chi connectivity index (χ4v) is 5.66. The summed E-state index contributed by atoms with van der Waals surface area (Å²) in [7, 11) is -2.66. The van der Waals surface area contributed by atoms with Crippen LogP contribution < -0.4 is 9.62 Å². The molecule has 0 aliphatic rings. The first-order valence-electron chi connectivity index (χ1n) is 11.1. The van der Waals surface area contributed by atoms with Crippen molar-refractivity contribution < 1.29 is 18.0 Å². The minimum Gasteiger partial charge on any atom is -0.357 e. The number of halogens is 2. The van der Waals surface area contributed by atoms with Gasteiger partial charge in [-0.1, -0.05) is 59.6 Å². The third-order valence-corrected chi connectivity index (χ3v) is 8.13. The van der Waals surface area contributed by atoms with Gasteiger partial charge in [-0.25, -0.2) is 8.42 Å². The van der Waals surface area contributed by atoms with Crippen LogP contribution in [0, 0.1) is 6.92 Å². The topological polar surface area (TPSA) is 86.8 Å². The van der Waals surface area contributed by atoms with Crippen LogP contribution >= 0.6 is 23.2 Å². The third kappa shape index (κ3) is 6.19. The molecule has 0 aliphatic carbocycles. The smallest absolute Gasteiger partial charge is 0.264 e. The van der Waals surface area contributed by atoms with Crippen LogP contribution in [0.5, 0.6) is 0 Å². The lowest BCUT2D eigenvalue weighted by atomic mass is 10.1. The summed E-state index contributed by atoms with van der Waals surface area (Å²) in [4.78, 5) is 27.6. The van der Waals surface area contributed by atoms with Crippen LogP contribution in [-0.2, 0) is 26.2 Å². The van der Waals surface area contributed by atoms with Crippen molar-refractivity contribution in [2.24, 2.45) is 0 Å². The maximum absolute atomic E-state index is 13.7. The number of sulfonamides is 1. The first kappa shape index (κ1) is 27.5. The van der Waals surface area contributed by atoms with Gasteiger partial charge < -0.3 is 10.2 Å². The zero-order valence-corrected chi connectivity index (χ0v) is 22.4. The van der Waals surface area contributed by atoms with Gasteiger partial charge in [0.05, 0.1) is 10.6 Å². The molecule has 0 aromatic heterocycles. The Kier molecular flexibility index (Phi) is 9.00. The molecule has 0 saturated heterocycles. The molecular formula is C26H27Cl2N3O4S. The van der Waals surface area contributed by atoms with E-state index in [9.17, 15) is 18.0 Å². The maximum Gasteiger partial charge on any atom is 0.264 e. The van der Waals surface area contributed by atoms with Gasteiger partial charge in [0.15, 0.2) is 0 Å². The minimum absolute atomic E-state index is 0.0198. The van der Waals surface area contributed by atoms with Gasteiger partial charge in [0, 0.05) is 23.6 Å². The van der Waals surface area contributed by atoms with Crippen LogP contribution in [0.3, 0.4) is 0 Å². The Morgan fingerprint density at radius 1 is 0.972 bits per heavy atom. The molecular weight excluding hydrogens is 521 g/mol. The monoisotopic (exact) mass is 547 g/mol. The summed E-state index contributed by atoms with van der Waals surface area (Å²) in [6, 6.07) is 18.7. The molecule has 7 nitrogen and oxygen atoms in total. The molecule has 0 radical (unpaired) electrons. The molecule has 190 valence electrons. The minimum atomic E-state index is -4.13. The van der Waals surface area contributed by atoms with Crippen LogP contribution in [0.25, 0.3) is 0 Å². The van der Waals surface area contributed by atoms with E-state index in [0.29, 0.717) is 26.9 Å². The van der Waals surface area contributed by atoms with Crippen molar-refractivity contribution in [1.82, 2.24) is 10.2 Å². The molecule has 3 aromatic carbocycles. The summed E-state index contributed by atoms with van der Waals surface area (Å²) in [6.07, 6.45) is 0. The highest BCUT2D eigenvalue weighted by Crippen LogP contribution is 2.29. The molecule has 1 N–H and O–H groups in total. The van der Waals surface area contributed by atoms with E-state index in [1.54, 1.807) is 74.5 Å². The van der Waals surface area contributed by atoms with Gasteiger partial charge >= 0.3 is 0 Å². The van der Waals surface area contributed by atoms with Crippen LogP contribution in [0.15, 0.2) is 77.7 Å². The standard InChI is InChI=1S/C26H27Cl2N3O4S/c1-18-15-21(27)13-14-24(18)31(36(34,35)22-10-5-4-6-11-22)17-25(32)30(19(2)26(33)29-3)16-20-9-7-8-12-23(20)28/h4-15,19H,16-17H2,1-3H3,(H,29,33)/t19-/m0/s1. The Bertz CT molecular complexity index is 1350. The van der Waals surface area contributed by atoms with Crippen LogP contribution in [-0.4, -0.2) is 44.8 Å². The number of amides is 2. The van der Waals surface area contributed by atoms with Gasteiger partial charge in [-0.2, -0.15) is 0 Å². The van der Waals surface area contributed by atoms with Gasteiger partial charge in [0.2, 0.25) is 11.8 Å². The van der Waals surface area contributed by atoms with Crippen molar-refractivity contribution in [2.45, 2.75) is 31.3 Å². The van der Waals surface area contributed by atoms with Crippen LogP contribution in [0.2, 0.25) is 10.0 Å². The van der Waals surface area contributed by atoms with Crippen LogP contribution in [0.4, 0.5) is 5.69 Å². The summed E-state index contributed by atoms with van der Waals surface area (Å²) in [5.74, 6) is -0.963. The Labute approximate surface area is 221 Å². The van der Waals surface area contributed by atoms with E-state index < -0.39 is 34.4 Å². The van der Waals surface area contributed by atoms with Crippen molar-refractivity contribution in [1.29, 1.82) is 0 Å². The highest BCUT2D eigenvalue weighted by atomic mass is 35.5. The number of benzene rings is 3. The van der Waals surface area contributed by atoms with Crippen molar-refractivity contribution in [3.8, 4) is 0 Å².